The summed E-state index contributed by atoms with van der Waals surface area (Å²) in [5.74, 6) is -0.900. The number of hydrogen-bond donors (Lipinski definition) is 0. The van der Waals surface area contributed by atoms with Gasteiger partial charge in [0.1, 0.15) is 6.04 Å². The number of carbonyl (C=O) groups excluding carboxylic acids is 1. The molecule has 0 aromatic carbocycles. The molecule has 0 saturated carbocycles. The smallest absolute Gasteiger partial charge is 0.129 e. The first-order valence-corrected chi connectivity index (χ1v) is 3.57. The van der Waals surface area contributed by atoms with Crippen LogP contribution in [0.2, 0.25) is 0 Å². The summed E-state index contributed by atoms with van der Waals surface area (Å²) in [4.78, 5) is 10.5. The molecule has 0 aliphatic carbocycles. The van der Waals surface area contributed by atoms with Gasteiger partial charge in [0, 0.05) is 12.8 Å². The topological polar surface area (TPSA) is 71.6 Å². The average molecular weight is 161 g/mol. The lowest BCUT2D eigenvalue weighted by Crippen LogP contribution is -2.53. The zero-order valence-electron chi connectivity index (χ0n) is 6.96. The van der Waals surface area contributed by atoms with E-state index in [9.17, 15) is 9.90 Å². The molecule has 1 saturated heterocycles. The highest BCUT2D eigenvalue weighted by molar-refractivity contribution is 5.70. The molecule has 0 aromatic rings. The van der Waals surface area contributed by atoms with Crippen molar-refractivity contribution in [3.8, 4) is 0 Å². The van der Waals surface area contributed by atoms with Gasteiger partial charge < -0.3 is 19.9 Å². The molecule has 1 atom stereocenters. The maximum Gasteiger partial charge on any atom is 0.129 e. The van der Waals surface area contributed by atoms with Gasteiger partial charge in [0.15, 0.2) is 0 Å². The molecule has 0 aromatic heterocycles. The Morgan fingerprint density at radius 1 is 1.55 bits per heavy atom. The minimum atomic E-state index is -0.900. The number of aliphatic carboxylic acids is 1. The Labute approximate surface area is 66.3 Å². The van der Waals surface area contributed by atoms with Crippen molar-refractivity contribution in [1.82, 2.24) is 0 Å². The average Bonchev–Trinajstić information content (AvgIpc) is 2.08. The number of carbonyl (C=O) groups is 1. The van der Waals surface area contributed by atoms with Gasteiger partial charge in [0.2, 0.25) is 0 Å². The molecule has 1 rings (SSSR count). The predicted octanol–water partition coefficient (Wildman–Crippen LogP) is -1.85. The van der Waals surface area contributed by atoms with Crippen LogP contribution >= 0.6 is 0 Å². The standard InChI is InChI=1S/C7H13NO2.H2O/c1-8(2)5-3-4-6(8)7(9)10;/h6H,3-5H2,1-2H3;1H2/t6-;/m0./s1. The molecule has 0 radical (unpaired) electrons. The molecule has 1 aliphatic heterocycles. The molecule has 4 nitrogen and oxygen atoms in total. The highest BCUT2D eigenvalue weighted by atomic mass is 16.4. The van der Waals surface area contributed by atoms with Gasteiger partial charge in [-0.15, -0.1) is 0 Å². The largest absolute Gasteiger partial charge is 0.544 e. The fourth-order valence-electron chi connectivity index (χ4n) is 1.60. The molecule has 1 heterocycles. The van der Waals surface area contributed by atoms with E-state index in [4.69, 9.17) is 0 Å². The van der Waals surface area contributed by atoms with E-state index in [-0.39, 0.29) is 11.5 Å². The lowest BCUT2D eigenvalue weighted by atomic mass is 10.2. The number of quaternary nitrogens is 1. The van der Waals surface area contributed by atoms with Gasteiger partial charge >= 0.3 is 0 Å². The summed E-state index contributed by atoms with van der Waals surface area (Å²) in [6.45, 7) is 0.957. The molecule has 4 heteroatoms. The Morgan fingerprint density at radius 2 is 2.09 bits per heavy atom. The number of likely N-dealkylation sites (tertiary alicyclic amines) is 1. The van der Waals surface area contributed by atoms with Crippen LogP contribution < -0.4 is 5.11 Å². The van der Waals surface area contributed by atoms with Crippen molar-refractivity contribution in [2.45, 2.75) is 18.9 Å². The van der Waals surface area contributed by atoms with Crippen LogP contribution in [0.3, 0.4) is 0 Å². The van der Waals surface area contributed by atoms with Crippen molar-refractivity contribution in [2.24, 2.45) is 0 Å². The van der Waals surface area contributed by atoms with Gasteiger partial charge in [-0.1, -0.05) is 0 Å². The quantitative estimate of drug-likeness (QED) is 0.423. The molecule has 1 fully saturated rings. The molecule has 2 N–H and O–H groups in total. The third kappa shape index (κ3) is 1.91. The zero-order valence-corrected chi connectivity index (χ0v) is 6.96. The summed E-state index contributed by atoms with van der Waals surface area (Å²) >= 11 is 0. The van der Waals surface area contributed by atoms with Crippen molar-refractivity contribution >= 4 is 5.97 Å². The Hall–Kier alpha value is -0.610. The summed E-state index contributed by atoms with van der Waals surface area (Å²) < 4.78 is 0.586. The van der Waals surface area contributed by atoms with Crippen molar-refractivity contribution < 1.29 is 19.9 Å². The van der Waals surface area contributed by atoms with Gasteiger partial charge in [-0.05, 0) is 0 Å². The minimum absolute atomic E-state index is 0. The molecule has 66 valence electrons. The monoisotopic (exact) mass is 161 g/mol. The molecule has 0 unspecified atom stereocenters. The molecule has 0 spiro atoms. The van der Waals surface area contributed by atoms with Crippen molar-refractivity contribution in [2.75, 3.05) is 20.6 Å². The normalized spacial score (nSPS) is 27.6. The second-order valence-corrected chi connectivity index (χ2v) is 3.48. The SMILES string of the molecule is C[N+]1(C)CCC[C@H]1C(=O)[O-].O. The van der Waals surface area contributed by atoms with Crippen LogP contribution in [-0.2, 0) is 4.79 Å². The number of carboxylic acids is 1. The van der Waals surface area contributed by atoms with Crippen molar-refractivity contribution in [3.63, 3.8) is 0 Å². The molecular weight excluding hydrogens is 146 g/mol. The maximum absolute atomic E-state index is 10.5. The van der Waals surface area contributed by atoms with E-state index < -0.39 is 5.97 Å². The second kappa shape index (κ2) is 3.19. The highest BCUT2D eigenvalue weighted by Gasteiger charge is 2.34. The molecule has 11 heavy (non-hydrogen) atoms. The number of nitrogens with zero attached hydrogens (tertiary/aromatic N) is 1. The van der Waals surface area contributed by atoms with Crippen molar-refractivity contribution in [3.05, 3.63) is 0 Å². The first-order chi connectivity index (χ1) is 4.54. The summed E-state index contributed by atoms with van der Waals surface area (Å²) in [5.41, 5.74) is 0. The molecule has 0 bridgehead atoms. The number of likely N-dealkylation sites (N-methyl/N-ethyl adjacent to an activating group) is 1. The third-order valence-electron chi connectivity index (χ3n) is 2.33. The number of carboxylic acid groups (broad SMARTS) is 1. The summed E-state index contributed by atoms with van der Waals surface area (Å²) in [7, 11) is 3.88. The zero-order chi connectivity index (χ0) is 7.78. The van der Waals surface area contributed by atoms with Gasteiger partial charge in [0.05, 0.1) is 26.6 Å². The number of rotatable bonds is 1. The van der Waals surface area contributed by atoms with Gasteiger partial charge in [-0.2, -0.15) is 0 Å². The van der Waals surface area contributed by atoms with Crippen LogP contribution in [0.15, 0.2) is 0 Å². The van der Waals surface area contributed by atoms with Crippen LogP contribution in [0.4, 0.5) is 0 Å². The Kier molecular flexibility index (Phi) is 3.02. The predicted molar refractivity (Wildman–Crippen MR) is 38.6 cm³/mol. The van der Waals surface area contributed by atoms with E-state index in [0.29, 0.717) is 4.48 Å². The Bertz CT molecular complexity index is 156. The molecular formula is C7H15NO3. The van der Waals surface area contributed by atoms with E-state index in [1.807, 2.05) is 14.1 Å². The van der Waals surface area contributed by atoms with Gasteiger partial charge in [0.25, 0.3) is 0 Å². The van der Waals surface area contributed by atoms with Gasteiger partial charge in [-0.3, -0.25) is 0 Å². The van der Waals surface area contributed by atoms with Crippen LogP contribution in [-0.4, -0.2) is 42.6 Å². The highest BCUT2D eigenvalue weighted by Crippen LogP contribution is 2.20. The second-order valence-electron chi connectivity index (χ2n) is 3.48. The summed E-state index contributed by atoms with van der Waals surface area (Å²) in [6.07, 6.45) is 1.78. The number of hydrogen-bond acceptors (Lipinski definition) is 2. The molecule has 0 amide bonds. The minimum Gasteiger partial charge on any atom is -0.544 e. The van der Waals surface area contributed by atoms with Crippen LogP contribution in [0.25, 0.3) is 0 Å². The Morgan fingerprint density at radius 3 is 2.27 bits per heavy atom. The van der Waals surface area contributed by atoms with Crippen LogP contribution in [0.5, 0.6) is 0 Å². The fourth-order valence-corrected chi connectivity index (χ4v) is 1.60. The summed E-state index contributed by atoms with van der Waals surface area (Å²) in [6, 6.07) is -0.278. The van der Waals surface area contributed by atoms with E-state index in [0.717, 1.165) is 19.4 Å². The Balaban J connectivity index is 0.000001000. The van der Waals surface area contributed by atoms with Crippen molar-refractivity contribution in [1.29, 1.82) is 0 Å². The van der Waals surface area contributed by atoms with E-state index in [2.05, 4.69) is 0 Å². The van der Waals surface area contributed by atoms with E-state index >= 15 is 0 Å². The van der Waals surface area contributed by atoms with Crippen LogP contribution in [0, 0.1) is 0 Å². The summed E-state index contributed by atoms with van der Waals surface area (Å²) in [5, 5.41) is 10.5. The van der Waals surface area contributed by atoms with E-state index in [1.54, 1.807) is 0 Å². The lowest BCUT2D eigenvalue weighted by molar-refractivity contribution is -0.895. The van der Waals surface area contributed by atoms with Gasteiger partial charge in [-0.25, -0.2) is 0 Å². The maximum atomic E-state index is 10.5. The van der Waals surface area contributed by atoms with E-state index in [1.165, 1.54) is 0 Å². The lowest BCUT2D eigenvalue weighted by Gasteiger charge is -2.31. The third-order valence-corrected chi connectivity index (χ3v) is 2.33. The first kappa shape index (κ1) is 10.4. The first-order valence-electron chi connectivity index (χ1n) is 3.57. The molecule has 1 aliphatic rings. The van der Waals surface area contributed by atoms with Crippen LogP contribution in [0.1, 0.15) is 12.8 Å². The fraction of sp³-hybridized carbons (Fsp3) is 0.857.